The fraction of sp³-hybridized carbons (Fsp3) is 0.652. The van der Waals surface area contributed by atoms with Gasteiger partial charge in [0.05, 0.1) is 39.9 Å². The number of likely N-dealkylation sites (N-methyl/N-ethyl adjacent to an activating group) is 1. The lowest BCUT2D eigenvalue weighted by Crippen LogP contribution is -2.45. The van der Waals surface area contributed by atoms with Gasteiger partial charge in [0, 0.05) is 6.42 Å². The summed E-state index contributed by atoms with van der Waals surface area (Å²) in [4.78, 5) is 25.5. The van der Waals surface area contributed by atoms with Crippen LogP contribution in [-0.2, 0) is 18.4 Å². The molecule has 0 saturated carbocycles. The third kappa shape index (κ3) is 58.2. The summed E-state index contributed by atoms with van der Waals surface area (Å²) in [5.74, 6) is -0.244. The largest absolute Gasteiger partial charge is 0.756 e. The predicted octanol–water partition coefficient (Wildman–Crippen LogP) is 18.1. The van der Waals surface area contributed by atoms with Gasteiger partial charge < -0.3 is 28.8 Å². The number of nitrogens with zero attached hydrogens (tertiary/aromatic N) is 1. The van der Waals surface area contributed by atoms with Crippen molar-refractivity contribution >= 4 is 13.7 Å². The molecule has 2 N–H and O–H groups in total. The third-order valence-electron chi connectivity index (χ3n) is 12.6. The summed E-state index contributed by atoms with van der Waals surface area (Å²) in [6.45, 7) is 4.48. The lowest BCUT2D eigenvalue weighted by atomic mass is 10.0. The molecule has 9 heteroatoms. The summed E-state index contributed by atoms with van der Waals surface area (Å²) in [5, 5.41) is 13.9. The van der Waals surface area contributed by atoms with Gasteiger partial charge in [-0.3, -0.25) is 9.36 Å². The first-order valence-electron chi connectivity index (χ1n) is 30.0. The van der Waals surface area contributed by atoms with Crippen molar-refractivity contribution in [2.24, 2.45) is 0 Å². The van der Waals surface area contributed by atoms with E-state index in [9.17, 15) is 19.4 Å². The number of rotatable bonds is 53. The zero-order valence-electron chi connectivity index (χ0n) is 48.7. The minimum atomic E-state index is -4.63. The second-order valence-electron chi connectivity index (χ2n) is 21.0. The van der Waals surface area contributed by atoms with Gasteiger partial charge in [-0.05, 0) is 103 Å². The average molecular weight is 1060 g/mol. The van der Waals surface area contributed by atoms with E-state index in [1.54, 1.807) is 6.08 Å². The van der Waals surface area contributed by atoms with E-state index in [0.29, 0.717) is 17.4 Å². The Bertz CT molecular complexity index is 1680. The summed E-state index contributed by atoms with van der Waals surface area (Å²) >= 11 is 0. The Morgan fingerprint density at radius 1 is 0.480 bits per heavy atom. The summed E-state index contributed by atoms with van der Waals surface area (Å²) in [5.41, 5.74) is 0. The number of carbonyl (C=O) groups is 1. The first kappa shape index (κ1) is 71.6. The van der Waals surface area contributed by atoms with Crippen molar-refractivity contribution in [3.05, 3.63) is 134 Å². The zero-order chi connectivity index (χ0) is 54.9. The second kappa shape index (κ2) is 55.4. The van der Waals surface area contributed by atoms with E-state index in [-0.39, 0.29) is 18.9 Å². The molecule has 0 aliphatic carbocycles. The van der Waals surface area contributed by atoms with Gasteiger partial charge in [-0.25, -0.2) is 0 Å². The van der Waals surface area contributed by atoms with Crippen molar-refractivity contribution in [3.63, 3.8) is 0 Å². The van der Waals surface area contributed by atoms with E-state index >= 15 is 0 Å². The summed E-state index contributed by atoms with van der Waals surface area (Å²) in [6.07, 6.45) is 83.9. The summed E-state index contributed by atoms with van der Waals surface area (Å²) in [7, 11) is 1.20. The number of hydrogen-bond acceptors (Lipinski definition) is 6. The lowest BCUT2D eigenvalue weighted by Gasteiger charge is -2.29. The van der Waals surface area contributed by atoms with Crippen LogP contribution in [-0.4, -0.2) is 68.5 Å². The number of aliphatic hydroxyl groups is 1. The Balaban J connectivity index is 4.36. The van der Waals surface area contributed by atoms with Crippen LogP contribution in [0.3, 0.4) is 0 Å². The van der Waals surface area contributed by atoms with Crippen molar-refractivity contribution in [2.45, 2.75) is 238 Å². The molecule has 1 amide bonds. The minimum absolute atomic E-state index is 0.0208. The standard InChI is InChI=1S/C66H113N2O6P/c1-6-8-10-12-14-16-18-20-22-24-26-28-30-31-32-33-34-35-36-37-38-40-42-44-46-48-50-52-54-56-58-60-66(70)67-64(63-74-75(71,72)73-62-61-68(3,4)5)65(69)59-57-55-53-51-49-47-45-43-41-39-29-27-25-23-21-19-17-15-13-11-9-7-2/h8,10,14,16,20,22,26,28,31-32,34-35,37-38,42,44,48-51,57,59,64-65,69H,6-7,9,11-13,15,17-19,21,23-25,27,29-30,33,36,39-41,43,45-47,52-56,58,60-63H2,1-5H3,(H-,67,70,71,72)/b10-8-,16-14-,22-20-,28-26-,32-31-,35-34-,38-37-,44-42-,50-48-,51-49+,59-57+. The molecule has 75 heavy (non-hydrogen) atoms. The Labute approximate surface area is 462 Å². The smallest absolute Gasteiger partial charge is 0.268 e. The number of unbranched alkanes of at least 4 members (excludes halogenated alkanes) is 20. The fourth-order valence-corrected chi connectivity index (χ4v) is 8.65. The highest BCUT2D eigenvalue weighted by molar-refractivity contribution is 7.45. The monoisotopic (exact) mass is 1060 g/mol. The maximum absolute atomic E-state index is 13.0. The minimum Gasteiger partial charge on any atom is -0.756 e. The molecule has 0 radical (unpaired) electrons. The summed E-state index contributed by atoms with van der Waals surface area (Å²) < 4.78 is 23.3. The van der Waals surface area contributed by atoms with E-state index in [4.69, 9.17) is 9.05 Å². The van der Waals surface area contributed by atoms with E-state index in [1.165, 1.54) is 103 Å². The first-order valence-corrected chi connectivity index (χ1v) is 31.5. The predicted molar refractivity (Wildman–Crippen MR) is 325 cm³/mol. The first-order chi connectivity index (χ1) is 36.5. The van der Waals surface area contributed by atoms with Crippen LogP contribution in [0.1, 0.15) is 226 Å². The quantitative estimate of drug-likeness (QED) is 0.0272. The van der Waals surface area contributed by atoms with E-state index in [0.717, 1.165) is 96.3 Å². The van der Waals surface area contributed by atoms with Gasteiger partial charge >= 0.3 is 0 Å². The number of phosphoric acid groups is 1. The van der Waals surface area contributed by atoms with E-state index < -0.39 is 26.6 Å². The van der Waals surface area contributed by atoms with E-state index in [1.807, 2.05) is 27.2 Å². The molecule has 0 saturated heterocycles. The van der Waals surface area contributed by atoms with Crippen LogP contribution in [0.4, 0.5) is 0 Å². The highest BCUT2D eigenvalue weighted by Gasteiger charge is 2.23. The molecular formula is C66H113N2O6P. The maximum Gasteiger partial charge on any atom is 0.268 e. The Kier molecular flexibility index (Phi) is 52.9. The van der Waals surface area contributed by atoms with Gasteiger partial charge in [0.15, 0.2) is 0 Å². The number of amides is 1. The van der Waals surface area contributed by atoms with Crippen LogP contribution in [0.5, 0.6) is 0 Å². The normalized spacial score (nSPS) is 14.8. The van der Waals surface area contributed by atoms with Crippen LogP contribution >= 0.6 is 7.82 Å². The van der Waals surface area contributed by atoms with Gasteiger partial charge in [-0.2, -0.15) is 0 Å². The number of quaternary nitrogens is 1. The van der Waals surface area contributed by atoms with Crippen LogP contribution < -0.4 is 10.2 Å². The maximum atomic E-state index is 13.0. The number of aliphatic hydroxyl groups excluding tert-OH is 1. The third-order valence-corrected chi connectivity index (χ3v) is 13.6. The Morgan fingerprint density at radius 2 is 0.827 bits per heavy atom. The molecule has 0 rings (SSSR count). The molecule has 0 heterocycles. The second-order valence-corrected chi connectivity index (χ2v) is 22.4. The van der Waals surface area contributed by atoms with Crippen molar-refractivity contribution in [1.29, 1.82) is 0 Å². The SMILES string of the molecule is CC/C=C\C/C=C\C/C=C\C/C=C\C/C=C\C/C=C\C/C=C\C/C=C\C/C=C\CCCCCC(=O)NC(COP(=O)([O-])OCC[N+](C)(C)C)C(O)/C=C/CC/C=C/CCCCCCCCCCCCCCCCCC. The van der Waals surface area contributed by atoms with Gasteiger partial charge in [-0.15, -0.1) is 0 Å². The van der Waals surface area contributed by atoms with Crippen LogP contribution in [0.2, 0.25) is 0 Å². The Hall–Kier alpha value is -3.36. The number of allylic oxidation sites excluding steroid dienone is 21. The number of carbonyl (C=O) groups excluding carboxylic acids is 1. The van der Waals surface area contributed by atoms with E-state index in [2.05, 4.69) is 141 Å². The number of phosphoric ester groups is 1. The molecule has 3 atom stereocenters. The molecule has 0 aromatic carbocycles. The molecule has 0 aliphatic rings. The van der Waals surface area contributed by atoms with Gasteiger partial charge in [0.1, 0.15) is 13.2 Å². The fourth-order valence-electron chi connectivity index (χ4n) is 7.93. The summed E-state index contributed by atoms with van der Waals surface area (Å²) in [6, 6.07) is -0.933. The van der Waals surface area contributed by atoms with Crippen LogP contribution in [0.15, 0.2) is 134 Å². The molecule has 0 aromatic heterocycles. The topological polar surface area (TPSA) is 108 Å². The highest BCUT2D eigenvalue weighted by Crippen LogP contribution is 2.38. The highest BCUT2D eigenvalue weighted by atomic mass is 31.2. The van der Waals surface area contributed by atoms with Gasteiger partial charge in [-0.1, -0.05) is 250 Å². The molecule has 428 valence electrons. The van der Waals surface area contributed by atoms with Crippen molar-refractivity contribution in [3.8, 4) is 0 Å². The molecule has 8 nitrogen and oxygen atoms in total. The molecule has 0 bridgehead atoms. The molecule has 0 aliphatic heterocycles. The molecule has 0 spiro atoms. The number of hydrogen-bond donors (Lipinski definition) is 2. The molecule has 0 aromatic rings. The van der Waals surface area contributed by atoms with Crippen LogP contribution in [0, 0.1) is 0 Å². The molecular weight excluding hydrogens is 948 g/mol. The molecule has 3 unspecified atom stereocenters. The number of nitrogens with one attached hydrogen (secondary N) is 1. The van der Waals surface area contributed by atoms with Crippen molar-refractivity contribution in [1.82, 2.24) is 5.32 Å². The van der Waals surface area contributed by atoms with Crippen molar-refractivity contribution in [2.75, 3.05) is 40.9 Å². The van der Waals surface area contributed by atoms with Gasteiger partial charge in [0.25, 0.3) is 7.82 Å². The Morgan fingerprint density at radius 3 is 1.24 bits per heavy atom. The van der Waals surface area contributed by atoms with Gasteiger partial charge in [0.2, 0.25) is 5.91 Å². The zero-order valence-corrected chi connectivity index (χ0v) is 49.6. The van der Waals surface area contributed by atoms with Crippen molar-refractivity contribution < 1.29 is 32.9 Å². The average Bonchev–Trinajstić information content (AvgIpc) is 3.37. The van der Waals surface area contributed by atoms with Crippen LogP contribution in [0.25, 0.3) is 0 Å². The molecule has 0 fully saturated rings. The lowest BCUT2D eigenvalue weighted by molar-refractivity contribution is -0.870.